The minimum atomic E-state index is -1.54. The van der Waals surface area contributed by atoms with Gasteiger partial charge in [-0.15, -0.1) is 0 Å². The van der Waals surface area contributed by atoms with E-state index in [2.05, 4.69) is 11.8 Å². The summed E-state index contributed by atoms with van der Waals surface area (Å²) < 4.78 is 17.7. The molecule has 6 aliphatic rings. The monoisotopic (exact) mass is 453 g/mol. The molecule has 0 aromatic carbocycles. The van der Waals surface area contributed by atoms with Crippen LogP contribution < -0.4 is 0 Å². The fourth-order valence-electron chi connectivity index (χ4n) is 10.7. The SMILES string of the molecule is CCN1C[C@]2(COC)CC[C@H](O)[C@]34C1[C@H]([C@H](OC)[C@H]23)[C@]1(O)[C@H]2[C@@H](O)[C@H](C[C@H]24)[C@@H](OC)[C@H]1O. The summed E-state index contributed by atoms with van der Waals surface area (Å²) >= 11 is 0. The number of rotatable bonds is 5. The van der Waals surface area contributed by atoms with Crippen LogP contribution in [0.25, 0.3) is 0 Å². The van der Waals surface area contributed by atoms with Gasteiger partial charge >= 0.3 is 0 Å². The first-order valence-electron chi connectivity index (χ1n) is 12.3. The summed E-state index contributed by atoms with van der Waals surface area (Å²) in [6.07, 6.45) is -1.22. The number of aliphatic hydroxyl groups is 4. The summed E-state index contributed by atoms with van der Waals surface area (Å²) in [4.78, 5) is 2.42. The second kappa shape index (κ2) is 6.88. The molecule has 1 unspecified atom stereocenters. The Balaban J connectivity index is 1.64. The van der Waals surface area contributed by atoms with Gasteiger partial charge in [-0.1, -0.05) is 6.92 Å². The highest BCUT2D eigenvalue weighted by Gasteiger charge is 2.87. The second-order valence-electron chi connectivity index (χ2n) is 11.6. The third-order valence-electron chi connectivity index (χ3n) is 11.2. The van der Waals surface area contributed by atoms with Crippen molar-refractivity contribution >= 4 is 0 Å². The maximum atomic E-state index is 12.5. The maximum Gasteiger partial charge on any atom is 0.110 e. The molecule has 5 aliphatic carbocycles. The molecule has 8 heteroatoms. The number of methoxy groups -OCH3 is 3. The van der Waals surface area contributed by atoms with Crippen LogP contribution in [0.5, 0.6) is 0 Å². The molecule has 8 nitrogen and oxygen atoms in total. The molecular formula is C24H39NO7. The quantitative estimate of drug-likeness (QED) is 0.440. The zero-order valence-electron chi connectivity index (χ0n) is 19.6. The molecule has 32 heavy (non-hydrogen) atoms. The van der Waals surface area contributed by atoms with E-state index in [1.165, 1.54) is 0 Å². The molecule has 4 N–H and O–H groups in total. The standard InChI is InChI=1S/C24H39NO7/c1-5-25-9-22(10-30-2)7-6-13(26)23-12-8-11-16(27)14(12)24(29,21(28)17(11)31-3)15(20(23)25)18(32-4)19(22)23/h11-21,26-29H,5-10H2,1-4H3/t11-,12+,13-,14+,15-,16-,17+,18-,19+,20?,21+,22-,23-,24+/m0/s1. The first-order valence-corrected chi connectivity index (χ1v) is 12.3. The van der Waals surface area contributed by atoms with Crippen molar-refractivity contribution in [3.05, 3.63) is 0 Å². The molecule has 1 aliphatic heterocycles. The fraction of sp³-hybridized carbons (Fsp3) is 1.00. The van der Waals surface area contributed by atoms with Crippen LogP contribution in [0.3, 0.4) is 0 Å². The van der Waals surface area contributed by atoms with Crippen LogP contribution in [0, 0.1) is 40.4 Å². The number of ether oxygens (including phenoxy) is 3. The molecule has 1 spiro atoms. The highest BCUT2D eigenvalue weighted by molar-refractivity contribution is 5.36. The van der Waals surface area contributed by atoms with Gasteiger partial charge in [-0.05, 0) is 31.7 Å². The summed E-state index contributed by atoms with van der Waals surface area (Å²) in [5.74, 6) is -1.29. The molecule has 5 saturated carbocycles. The summed E-state index contributed by atoms with van der Waals surface area (Å²) in [6.45, 7) is 4.33. The Kier molecular flexibility index (Phi) is 4.76. The summed E-state index contributed by atoms with van der Waals surface area (Å²) in [5, 5.41) is 47.3. The Labute approximate surface area is 189 Å². The van der Waals surface area contributed by atoms with Crippen LogP contribution in [-0.4, -0.2) is 109 Å². The van der Waals surface area contributed by atoms with Crippen LogP contribution in [0.2, 0.25) is 0 Å². The molecule has 1 heterocycles. The van der Waals surface area contributed by atoms with Crippen molar-refractivity contribution in [2.24, 2.45) is 40.4 Å². The maximum absolute atomic E-state index is 12.5. The lowest BCUT2D eigenvalue weighted by Crippen LogP contribution is -2.78. The molecule has 6 fully saturated rings. The topological polar surface area (TPSA) is 112 Å². The zero-order chi connectivity index (χ0) is 22.8. The third kappa shape index (κ3) is 2.07. The lowest BCUT2D eigenvalue weighted by Gasteiger charge is -2.69. The van der Waals surface area contributed by atoms with E-state index in [1.54, 1.807) is 21.3 Å². The molecule has 0 aromatic heterocycles. The van der Waals surface area contributed by atoms with Gasteiger partial charge in [0.15, 0.2) is 0 Å². The molecule has 14 atom stereocenters. The van der Waals surface area contributed by atoms with E-state index in [4.69, 9.17) is 14.2 Å². The van der Waals surface area contributed by atoms with E-state index in [0.717, 1.165) is 19.5 Å². The first-order chi connectivity index (χ1) is 15.3. The Morgan fingerprint density at radius 1 is 1.03 bits per heavy atom. The molecule has 7 bridgehead atoms. The predicted molar refractivity (Wildman–Crippen MR) is 114 cm³/mol. The Morgan fingerprint density at radius 2 is 1.75 bits per heavy atom. The average Bonchev–Trinajstić information content (AvgIpc) is 3.19. The smallest absolute Gasteiger partial charge is 0.110 e. The van der Waals surface area contributed by atoms with Gasteiger partial charge in [-0.2, -0.15) is 0 Å². The van der Waals surface area contributed by atoms with Gasteiger partial charge in [0.05, 0.1) is 31.0 Å². The number of piperidine rings is 1. The summed E-state index contributed by atoms with van der Waals surface area (Å²) in [6, 6.07) is -0.120. The number of hydrogen-bond donors (Lipinski definition) is 4. The molecule has 182 valence electrons. The lowest BCUT2D eigenvalue weighted by atomic mass is 9.43. The van der Waals surface area contributed by atoms with Gasteiger partial charge in [0.2, 0.25) is 0 Å². The van der Waals surface area contributed by atoms with Crippen molar-refractivity contribution in [1.82, 2.24) is 4.90 Å². The van der Waals surface area contributed by atoms with Crippen molar-refractivity contribution in [3.63, 3.8) is 0 Å². The van der Waals surface area contributed by atoms with Crippen LogP contribution in [0.1, 0.15) is 26.2 Å². The average molecular weight is 454 g/mol. The van der Waals surface area contributed by atoms with E-state index >= 15 is 0 Å². The van der Waals surface area contributed by atoms with Gasteiger partial charge < -0.3 is 34.6 Å². The van der Waals surface area contributed by atoms with Crippen LogP contribution in [-0.2, 0) is 14.2 Å². The number of fused-ring (bicyclic) bond motifs is 2. The van der Waals surface area contributed by atoms with Crippen molar-refractivity contribution in [3.8, 4) is 0 Å². The number of aliphatic hydroxyl groups excluding tert-OH is 3. The second-order valence-corrected chi connectivity index (χ2v) is 11.6. The molecule has 0 aromatic rings. The molecule has 6 rings (SSSR count). The zero-order valence-corrected chi connectivity index (χ0v) is 19.6. The van der Waals surface area contributed by atoms with Gasteiger partial charge in [0.1, 0.15) is 11.7 Å². The molecule has 0 radical (unpaired) electrons. The number of likely N-dealkylation sites (tertiary alicyclic amines) is 1. The predicted octanol–water partition coefficient (Wildman–Crippen LogP) is -0.527. The van der Waals surface area contributed by atoms with Crippen LogP contribution >= 0.6 is 0 Å². The number of hydrogen-bond acceptors (Lipinski definition) is 8. The van der Waals surface area contributed by atoms with Gasteiger partial charge in [0.25, 0.3) is 0 Å². The van der Waals surface area contributed by atoms with Crippen molar-refractivity contribution in [2.75, 3.05) is 41.0 Å². The van der Waals surface area contributed by atoms with E-state index in [9.17, 15) is 20.4 Å². The van der Waals surface area contributed by atoms with E-state index in [1.807, 2.05) is 0 Å². The van der Waals surface area contributed by atoms with Gasteiger partial charge in [-0.25, -0.2) is 0 Å². The third-order valence-corrected chi connectivity index (χ3v) is 11.2. The lowest BCUT2D eigenvalue weighted by molar-refractivity contribution is -0.297. The van der Waals surface area contributed by atoms with Crippen LogP contribution in [0.4, 0.5) is 0 Å². The highest BCUT2D eigenvalue weighted by Crippen LogP contribution is 2.79. The fourth-order valence-corrected chi connectivity index (χ4v) is 10.7. The van der Waals surface area contributed by atoms with Gasteiger partial charge in [-0.3, -0.25) is 4.90 Å². The Morgan fingerprint density at radius 3 is 2.38 bits per heavy atom. The molecular weight excluding hydrogens is 414 g/mol. The largest absolute Gasteiger partial charge is 0.392 e. The van der Waals surface area contributed by atoms with Gasteiger partial charge in [0, 0.05) is 68.4 Å². The minimum absolute atomic E-state index is 0.000250. The first kappa shape index (κ1) is 22.2. The molecule has 1 saturated heterocycles. The summed E-state index contributed by atoms with van der Waals surface area (Å²) in [5.41, 5.74) is -2.24. The molecule has 0 amide bonds. The highest BCUT2D eigenvalue weighted by atomic mass is 16.5. The Hall–Kier alpha value is -0.320. The van der Waals surface area contributed by atoms with E-state index in [0.29, 0.717) is 19.4 Å². The summed E-state index contributed by atoms with van der Waals surface area (Å²) in [7, 11) is 4.98. The van der Waals surface area contributed by atoms with Crippen LogP contribution in [0.15, 0.2) is 0 Å². The minimum Gasteiger partial charge on any atom is -0.392 e. The van der Waals surface area contributed by atoms with Crippen molar-refractivity contribution in [2.45, 2.75) is 68.3 Å². The van der Waals surface area contributed by atoms with Crippen molar-refractivity contribution < 1.29 is 34.6 Å². The van der Waals surface area contributed by atoms with Crippen molar-refractivity contribution in [1.29, 1.82) is 0 Å². The van der Waals surface area contributed by atoms with E-state index in [-0.39, 0.29) is 35.3 Å². The Bertz CT molecular complexity index is 783. The number of nitrogens with zero attached hydrogens (tertiary/aromatic N) is 1. The van der Waals surface area contributed by atoms with E-state index < -0.39 is 47.3 Å². The normalized spacial score (nSPS) is 62.4.